The van der Waals surface area contributed by atoms with Crippen molar-refractivity contribution in [1.29, 1.82) is 0 Å². The number of benzene rings is 1. The van der Waals surface area contributed by atoms with Crippen LogP contribution in [0.25, 0.3) is 11.1 Å². The third-order valence-corrected chi connectivity index (χ3v) is 4.64. The van der Waals surface area contributed by atoms with Crippen LogP contribution in [0.5, 0.6) is 0 Å². The molecule has 1 saturated carbocycles. The van der Waals surface area contributed by atoms with E-state index in [1.165, 1.54) is 16.7 Å². The summed E-state index contributed by atoms with van der Waals surface area (Å²) in [6, 6.07) is 10.5. The molecule has 1 aromatic carbocycles. The number of hydrogen-bond acceptors (Lipinski definition) is 2. The van der Waals surface area contributed by atoms with E-state index in [0.717, 1.165) is 18.5 Å². The molecule has 1 fully saturated rings. The highest BCUT2D eigenvalue weighted by molar-refractivity contribution is 5.96. The fraction of sp³-hybridized carbons (Fsp3) is 0.333. The van der Waals surface area contributed by atoms with Crippen molar-refractivity contribution in [3.05, 3.63) is 54.1 Å². The number of allylic oxidation sites excluding steroid dienone is 2. The lowest BCUT2D eigenvalue weighted by Crippen LogP contribution is -2.13. The number of aromatic nitrogens is 2. The Hall–Kier alpha value is -2.16. The second kappa shape index (κ2) is 4.69. The molecule has 3 heteroatoms. The van der Waals surface area contributed by atoms with Gasteiger partial charge in [-0.1, -0.05) is 30.3 Å². The van der Waals surface area contributed by atoms with Crippen molar-refractivity contribution in [1.82, 2.24) is 9.55 Å². The summed E-state index contributed by atoms with van der Waals surface area (Å²) < 4.78 is 2.16. The van der Waals surface area contributed by atoms with Crippen LogP contribution in [-0.4, -0.2) is 15.3 Å². The highest BCUT2D eigenvalue weighted by atomic mass is 16.1. The molecule has 2 aliphatic rings. The van der Waals surface area contributed by atoms with Crippen LogP contribution < -0.4 is 0 Å². The number of carbonyl (C=O) groups excluding carboxylic acids is 1. The summed E-state index contributed by atoms with van der Waals surface area (Å²) in [7, 11) is 0. The van der Waals surface area contributed by atoms with Gasteiger partial charge in [0, 0.05) is 12.3 Å². The molecule has 3 nitrogen and oxygen atoms in total. The van der Waals surface area contributed by atoms with Crippen LogP contribution in [-0.2, 0) is 4.79 Å². The van der Waals surface area contributed by atoms with Crippen LogP contribution >= 0.6 is 0 Å². The molecule has 106 valence electrons. The lowest BCUT2D eigenvalue weighted by Gasteiger charge is -2.17. The second-order valence-corrected chi connectivity index (χ2v) is 6.05. The fourth-order valence-electron chi connectivity index (χ4n) is 3.36. The van der Waals surface area contributed by atoms with Crippen molar-refractivity contribution in [2.45, 2.75) is 32.2 Å². The van der Waals surface area contributed by atoms with Gasteiger partial charge in [-0.25, -0.2) is 4.98 Å². The predicted molar refractivity (Wildman–Crippen MR) is 82.5 cm³/mol. The number of Topliss-reactive ketones (excluding diaryl/α,β-unsaturated/α-hetero) is 1. The first-order valence-electron chi connectivity index (χ1n) is 7.57. The topological polar surface area (TPSA) is 34.9 Å². The lowest BCUT2D eigenvalue weighted by molar-refractivity contribution is -0.120. The average Bonchev–Trinajstić information content (AvgIpc) is 3.18. The van der Waals surface area contributed by atoms with Crippen LogP contribution in [0.2, 0.25) is 0 Å². The molecule has 0 N–H and O–H groups in total. The first kappa shape index (κ1) is 12.6. The summed E-state index contributed by atoms with van der Waals surface area (Å²) in [5.74, 6) is 0.720. The quantitative estimate of drug-likeness (QED) is 0.854. The minimum Gasteiger partial charge on any atom is -0.323 e. The van der Waals surface area contributed by atoms with E-state index in [0.29, 0.717) is 18.1 Å². The summed E-state index contributed by atoms with van der Waals surface area (Å²) >= 11 is 0. The molecule has 0 bridgehead atoms. The lowest BCUT2D eigenvalue weighted by atomic mass is 9.92. The number of carbonyl (C=O) groups is 1. The highest BCUT2D eigenvalue weighted by Crippen LogP contribution is 2.45. The number of fused-ring (bicyclic) bond motifs is 1. The molecule has 0 amide bonds. The number of nitrogens with zero attached hydrogens (tertiary/aromatic N) is 2. The minimum atomic E-state index is 0.109. The molecule has 4 rings (SSSR count). The Morgan fingerprint density at radius 2 is 2.05 bits per heavy atom. The normalized spacial score (nSPS) is 20.7. The van der Waals surface area contributed by atoms with Crippen molar-refractivity contribution in [2.24, 2.45) is 5.92 Å². The van der Waals surface area contributed by atoms with Crippen LogP contribution in [0, 0.1) is 5.92 Å². The van der Waals surface area contributed by atoms with Crippen LogP contribution in [0.3, 0.4) is 0 Å². The maximum Gasteiger partial charge on any atom is 0.138 e. The summed E-state index contributed by atoms with van der Waals surface area (Å²) in [5, 5.41) is 0. The molecule has 0 saturated heterocycles. The summed E-state index contributed by atoms with van der Waals surface area (Å²) in [5.41, 5.74) is 4.88. The molecule has 1 aliphatic carbocycles. The Balaban J connectivity index is 1.76. The van der Waals surface area contributed by atoms with E-state index in [-0.39, 0.29) is 6.04 Å². The van der Waals surface area contributed by atoms with E-state index < -0.39 is 0 Å². The van der Waals surface area contributed by atoms with Gasteiger partial charge in [0.2, 0.25) is 0 Å². The molecular formula is C18H18N2O. The number of hydrogen-bond donors (Lipinski definition) is 0. The van der Waals surface area contributed by atoms with Crippen LogP contribution in [0.1, 0.15) is 43.5 Å². The van der Waals surface area contributed by atoms with E-state index >= 15 is 0 Å². The zero-order chi connectivity index (χ0) is 14.4. The Kier molecular flexibility index (Phi) is 2.81. The van der Waals surface area contributed by atoms with Gasteiger partial charge in [0.1, 0.15) is 5.78 Å². The largest absolute Gasteiger partial charge is 0.323 e. The zero-order valence-electron chi connectivity index (χ0n) is 12.1. The monoisotopic (exact) mass is 278 g/mol. The van der Waals surface area contributed by atoms with E-state index in [4.69, 9.17) is 0 Å². The first-order valence-corrected chi connectivity index (χ1v) is 7.57. The summed E-state index contributed by atoms with van der Waals surface area (Å²) in [6.45, 7) is 2.14. The Bertz CT molecular complexity index is 723. The van der Waals surface area contributed by atoms with Crippen molar-refractivity contribution in [2.75, 3.05) is 0 Å². The van der Waals surface area contributed by atoms with Gasteiger partial charge in [-0.2, -0.15) is 0 Å². The first-order chi connectivity index (χ1) is 10.3. The van der Waals surface area contributed by atoms with Gasteiger partial charge in [-0.3, -0.25) is 4.79 Å². The maximum absolute atomic E-state index is 12.3. The smallest absolute Gasteiger partial charge is 0.138 e. The predicted octanol–water partition coefficient (Wildman–Crippen LogP) is 3.74. The fourth-order valence-corrected chi connectivity index (χ4v) is 3.36. The molecule has 2 heterocycles. The van der Waals surface area contributed by atoms with Gasteiger partial charge in [-0.05, 0) is 36.5 Å². The molecule has 1 unspecified atom stereocenters. The number of rotatable bonds is 4. The Morgan fingerprint density at radius 1 is 1.29 bits per heavy atom. The molecular weight excluding hydrogens is 260 g/mol. The third-order valence-electron chi connectivity index (χ3n) is 4.64. The minimum absolute atomic E-state index is 0.109. The summed E-state index contributed by atoms with van der Waals surface area (Å²) in [6.07, 6.45) is 6.51. The van der Waals surface area contributed by atoms with Crippen molar-refractivity contribution in [3.8, 4) is 0 Å². The molecule has 2 aromatic rings. The molecule has 0 radical (unpaired) electrons. The van der Waals surface area contributed by atoms with Gasteiger partial charge in [0.25, 0.3) is 0 Å². The van der Waals surface area contributed by atoms with E-state index in [2.05, 4.69) is 40.7 Å². The highest BCUT2D eigenvalue weighted by Gasteiger charge is 2.36. The molecule has 1 atom stereocenters. The zero-order valence-corrected chi connectivity index (χ0v) is 12.1. The maximum atomic E-state index is 12.3. The van der Waals surface area contributed by atoms with Gasteiger partial charge in [-0.15, -0.1) is 0 Å². The van der Waals surface area contributed by atoms with E-state index in [1.54, 1.807) is 0 Å². The Labute approximate surface area is 124 Å². The molecule has 1 aliphatic heterocycles. The van der Waals surface area contributed by atoms with Crippen molar-refractivity contribution >= 4 is 16.9 Å². The van der Waals surface area contributed by atoms with Crippen LogP contribution in [0.4, 0.5) is 0 Å². The van der Waals surface area contributed by atoms with Gasteiger partial charge in [0.15, 0.2) is 0 Å². The van der Waals surface area contributed by atoms with Crippen molar-refractivity contribution < 1.29 is 4.79 Å². The Morgan fingerprint density at radius 3 is 2.76 bits per heavy atom. The average molecular weight is 278 g/mol. The SMILES string of the molecule is CC1=C(c2ccccc2)C(CC(=O)C2CC2)n2cncc21. The number of ketones is 1. The van der Waals surface area contributed by atoms with E-state index in [1.807, 2.05) is 18.6 Å². The third kappa shape index (κ3) is 2.04. The molecule has 0 spiro atoms. The standard InChI is InChI=1S/C18H18N2O/c1-12-16-10-19-11-20(16)15(9-17(21)13-7-8-13)18(12)14-5-3-2-4-6-14/h2-6,10-11,13,15H,7-9H2,1H3. The number of imidazole rings is 1. The van der Waals surface area contributed by atoms with Gasteiger partial charge >= 0.3 is 0 Å². The van der Waals surface area contributed by atoms with Gasteiger partial charge < -0.3 is 4.57 Å². The van der Waals surface area contributed by atoms with Crippen LogP contribution in [0.15, 0.2) is 42.9 Å². The van der Waals surface area contributed by atoms with E-state index in [9.17, 15) is 4.79 Å². The second-order valence-electron chi connectivity index (χ2n) is 6.05. The van der Waals surface area contributed by atoms with Gasteiger partial charge in [0.05, 0.1) is 24.3 Å². The van der Waals surface area contributed by atoms with Crippen molar-refractivity contribution in [3.63, 3.8) is 0 Å². The molecule has 1 aromatic heterocycles. The molecule has 21 heavy (non-hydrogen) atoms. The summed E-state index contributed by atoms with van der Waals surface area (Å²) in [4.78, 5) is 16.6.